The van der Waals surface area contributed by atoms with Crippen molar-refractivity contribution in [2.45, 2.75) is 6.42 Å². The van der Waals surface area contributed by atoms with Gasteiger partial charge in [-0.05, 0) is 23.8 Å². The number of carbonyl (C=O) groups excluding carboxylic acids is 1. The first-order chi connectivity index (χ1) is 6.65. The van der Waals surface area contributed by atoms with Gasteiger partial charge in [0.15, 0.2) is 5.96 Å². The molecule has 1 aliphatic heterocycles. The van der Waals surface area contributed by atoms with Gasteiger partial charge in [-0.15, -0.1) is 0 Å². The zero-order chi connectivity index (χ0) is 10.1. The number of anilines is 1. The number of aliphatic imine (C=N–C) groups is 1. The smallest absolute Gasteiger partial charge is 0.228 e. The van der Waals surface area contributed by atoms with Crippen LogP contribution in [0.2, 0.25) is 0 Å². The van der Waals surface area contributed by atoms with Crippen LogP contribution >= 0.6 is 0 Å². The number of nitrogens with two attached hydrogens (primary N) is 2. The number of carbonyl (C=O) groups is 1. The highest BCUT2D eigenvalue weighted by Gasteiger charge is 2.17. The second-order valence-electron chi connectivity index (χ2n) is 3.10. The lowest BCUT2D eigenvalue weighted by atomic mass is 10.1. The van der Waals surface area contributed by atoms with E-state index in [0.29, 0.717) is 12.1 Å². The third-order valence-corrected chi connectivity index (χ3v) is 1.97. The van der Waals surface area contributed by atoms with E-state index in [2.05, 4.69) is 10.3 Å². The number of guanidine groups is 1. The lowest BCUT2D eigenvalue weighted by Crippen LogP contribution is -2.21. The molecule has 0 fully saturated rings. The summed E-state index contributed by atoms with van der Waals surface area (Å²) >= 11 is 0. The summed E-state index contributed by atoms with van der Waals surface area (Å²) in [6.45, 7) is 0. The molecule has 1 aromatic rings. The molecule has 72 valence electrons. The van der Waals surface area contributed by atoms with Crippen LogP contribution in [0, 0.1) is 0 Å². The van der Waals surface area contributed by atoms with Crippen LogP contribution in [-0.4, -0.2) is 11.9 Å². The normalized spacial score (nSPS) is 13.3. The second kappa shape index (κ2) is 3.02. The summed E-state index contributed by atoms with van der Waals surface area (Å²) in [5, 5.41) is 2.73. The van der Waals surface area contributed by atoms with Gasteiger partial charge in [0.05, 0.1) is 12.1 Å². The third kappa shape index (κ3) is 1.52. The Balaban J connectivity index is 2.38. The van der Waals surface area contributed by atoms with Crippen molar-refractivity contribution in [1.82, 2.24) is 0 Å². The topological polar surface area (TPSA) is 93.5 Å². The third-order valence-electron chi connectivity index (χ3n) is 1.97. The molecule has 1 heterocycles. The molecule has 0 unspecified atom stereocenters. The number of benzene rings is 1. The first-order valence-electron chi connectivity index (χ1n) is 4.17. The van der Waals surface area contributed by atoms with Crippen LogP contribution in [0.4, 0.5) is 11.4 Å². The van der Waals surface area contributed by atoms with Gasteiger partial charge in [-0.25, -0.2) is 4.99 Å². The van der Waals surface area contributed by atoms with Crippen molar-refractivity contribution in [2.24, 2.45) is 16.5 Å². The van der Waals surface area contributed by atoms with Crippen LogP contribution < -0.4 is 16.8 Å². The molecule has 2 rings (SSSR count). The Morgan fingerprint density at radius 1 is 1.43 bits per heavy atom. The molecule has 0 saturated heterocycles. The van der Waals surface area contributed by atoms with E-state index >= 15 is 0 Å². The van der Waals surface area contributed by atoms with Crippen molar-refractivity contribution in [3.05, 3.63) is 23.8 Å². The lowest BCUT2D eigenvalue weighted by molar-refractivity contribution is -0.115. The molecule has 0 saturated carbocycles. The maximum Gasteiger partial charge on any atom is 0.228 e. The summed E-state index contributed by atoms with van der Waals surface area (Å²) in [4.78, 5) is 14.9. The zero-order valence-corrected chi connectivity index (χ0v) is 7.45. The van der Waals surface area contributed by atoms with E-state index in [4.69, 9.17) is 11.5 Å². The molecule has 0 atom stereocenters. The molecule has 5 N–H and O–H groups in total. The van der Waals surface area contributed by atoms with Crippen molar-refractivity contribution in [2.75, 3.05) is 5.32 Å². The van der Waals surface area contributed by atoms with Crippen molar-refractivity contribution in [1.29, 1.82) is 0 Å². The average molecular weight is 190 g/mol. The molecule has 14 heavy (non-hydrogen) atoms. The predicted octanol–water partition coefficient (Wildman–Crippen LogP) is 0.0861. The average Bonchev–Trinajstić information content (AvgIpc) is 2.42. The van der Waals surface area contributed by atoms with Gasteiger partial charge < -0.3 is 16.8 Å². The maximum absolute atomic E-state index is 11.0. The first kappa shape index (κ1) is 8.55. The van der Waals surface area contributed by atoms with Crippen LogP contribution in [-0.2, 0) is 11.2 Å². The molecular formula is C9H10N4O. The maximum atomic E-state index is 11.0. The summed E-state index contributed by atoms with van der Waals surface area (Å²) in [5.74, 6) is 0.0177. The van der Waals surface area contributed by atoms with Gasteiger partial charge in [0, 0.05) is 5.69 Å². The quantitative estimate of drug-likeness (QED) is 0.432. The number of nitrogens with zero attached hydrogens (tertiary/aromatic N) is 1. The Morgan fingerprint density at radius 3 is 2.93 bits per heavy atom. The molecule has 1 amide bonds. The van der Waals surface area contributed by atoms with E-state index in [-0.39, 0.29) is 11.9 Å². The van der Waals surface area contributed by atoms with E-state index in [9.17, 15) is 4.79 Å². The Bertz CT molecular complexity index is 421. The fourth-order valence-corrected chi connectivity index (χ4v) is 1.43. The second-order valence-corrected chi connectivity index (χ2v) is 3.10. The molecule has 0 radical (unpaired) electrons. The van der Waals surface area contributed by atoms with Crippen LogP contribution in [0.3, 0.4) is 0 Å². The van der Waals surface area contributed by atoms with Crippen LogP contribution in [0.15, 0.2) is 23.2 Å². The minimum absolute atomic E-state index is 0.00171. The highest BCUT2D eigenvalue weighted by Crippen LogP contribution is 2.27. The number of fused-ring (bicyclic) bond motifs is 1. The Kier molecular flexibility index (Phi) is 1.85. The number of rotatable bonds is 1. The highest BCUT2D eigenvalue weighted by atomic mass is 16.1. The largest absolute Gasteiger partial charge is 0.370 e. The van der Waals surface area contributed by atoms with Gasteiger partial charge in [0.1, 0.15) is 0 Å². The van der Waals surface area contributed by atoms with E-state index in [1.165, 1.54) is 0 Å². The summed E-state index contributed by atoms with van der Waals surface area (Å²) in [6.07, 6.45) is 0.392. The summed E-state index contributed by atoms with van der Waals surface area (Å²) in [5.41, 5.74) is 12.9. The predicted molar refractivity (Wildman–Crippen MR) is 54.2 cm³/mol. The number of amides is 1. The number of nitrogens with one attached hydrogen (secondary N) is 1. The Hall–Kier alpha value is -2.04. The van der Waals surface area contributed by atoms with Gasteiger partial charge in [-0.3, -0.25) is 4.79 Å². The summed E-state index contributed by atoms with van der Waals surface area (Å²) < 4.78 is 0. The summed E-state index contributed by atoms with van der Waals surface area (Å²) in [7, 11) is 0. The molecule has 0 aliphatic carbocycles. The molecule has 0 spiro atoms. The van der Waals surface area contributed by atoms with Crippen molar-refractivity contribution >= 4 is 23.2 Å². The lowest BCUT2D eigenvalue weighted by Gasteiger charge is -1.99. The van der Waals surface area contributed by atoms with Gasteiger partial charge >= 0.3 is 0 Å². The van der Waals surface area contributed by atoms with Crippen LogP contribution in [0.1, 0.15) is 5.56 Å². The summed E-state index contributed by atoms with van der Waals surface area (Å²) in [6, 6.07) is 5.35. The molecule has 5 nitrogen and oxygen atoms in total. The fourth-order valence-electron chi connectivity index (χ4n) is 1.43. The Labute approximate surface area is 80.8 Å². The Morgan fingerprint density at radius 2 is 2.21 bits per heavy atom. The molecule has 1 aromatic carbocycles. The highest BCUT2D eigenvalue weighted by molar-refractivity contribution is 5.99. The van der Waals surface area contributed by atoms with Crippen molar-refractivity contribution < 1.29 is 4.79 Å². The van der Waals surface area contributed by atoms with Gasteiger partial charge in [0.2, 0.25) is 5.91 Å². The minimum atomic E-state index is 0.00171. The van der Waals surface area contributed by atoms with E-state index in [1.807, 2.05) is 0 Å². The molecule has 1 aliphatic rings. The molecule has 0 aromatic heterocycles. The number of hydrogen-bond acceptors (Lipinski definition) is 2. The van der Waals surface area contributed by atoms with Crippen molar-refractivity contribution in [3.63, 3.8) is 0 Å². The van der Waals surface area contributed by atoms with Crippen LogP contribution in [0.5, 0.6) is 0 Å². The zero-order valence-electron chi connectivity index (χ0n) is 7.45. The van der Waals surface area contributed by atoms with E-state index in [0.717, 1.165) is 11.3 Å². The van der Waals surface area contributed by atoms with Crippen LogP contribution in [0.25, 0.3) is 0 Å². The fraction of sp³-hybridized carbons (Fsp3) is 0.111. The van der Waals surface area contributed by atoms with Gasteiger partial charge in [0.25, 0.3) is 0 Å². The van der Waals surface area contributed by atoms with Gasteiger partial charge in [-0.1, -0.05) is 0 Å². The van der Waals surface area contributed by atoms with E-state index < -0.39 is 0 Å². The molecular weight excluding hydrogens is 180 g/mol. The minimum Gasteiger partial charge on any atom is -0.370 e. The van der Waals surface area contributed by atoms with Crippen molar-refractivity contribution in [3.8, 4) is 0 Å². The SMILES string of the molecule is NC(N)=Nc1ccc2c(c1)CC(=O)N2. The molecule has 5 heteroatoms. The van der Waals surface area contributed by atoms with Gasteiger partial charge in [-0.2, -0.15) is 0 Å². The standard InChI is InChI=1S/C9H10N4O/c10-9(11)12-6-1-2-7-5(3-6)4-8(14)13-7/h1-3H,4H2,(H,13,14)(H4,10,11,12). The molecule has 0 bridgehead atoms. The number of hydrogen-bond donors (Lipinski definition) is 3. The first-order valence-corrected chi connectivity index (χ1v) is 4.17. The van der Waals surface area contributed by atoms with E-state index in [1.54, 1.807) is 18.2 Å². The monoisotopic (exact) mass is 190 g/mol.